The Balaban J connectivity index is 0.00000320. The minimum absolute atomic E-state index is 0. The highest BCUT2D eigenvalue weighted by molar-refractivity contribution is 14.0. The van der Waals surface area contributed by atoms with E-state index in [1.807, 2.05) is 12.1 Å². The molecule has 1 saturated heterocycles. The van der Waals surface area contributed by atoms with E-state index in [9.17, 15) is 0 Å². The number of rotatable bonds is 9. The molecule has 0 radical (unpaired) electrons. The van der Waals surface area contributed by atoms with Gasteiger partial charge in [-0.15, -0.1) is 24.0 Å². The monoisotopic (exact) mass is 527 g/mol. The third-order valence-corrected chi connectivity index (χ3v) is 4.87. The lowest BCUT2D eigenvalue weighted by molar-refractivity contribution is 0.0377. The Morgan fingerprint density at radius 3 is 2.67 bits per heavy atom. The molecule has 30 heavy (non-hydrogen) atoms. The van der Waals surface area contributed by atoms with E-state index >= 15 is 0 Å². The van der Waals surface area contributed by atoms with Gasteiger partial charge in [-0.25, -0.2) is 4.98 Å². The first-order valence-electron chi connectivity index (χ1n) is 10.6. The standard InChI is InChI=1S/C22H33N5O2.HI/c1-3-23-22(24-10-4-12-27-13-15-28-16-14-27)25-11-9-20-17-29-21(26-20)19-7-5-18(2)6-8-19;/h5-8,17H,3-4,9-16H2,1-2H3,(H2,23,24,25);1H. The maximum atomic E-state index is 5.63. The average Bonchev–Trinajstić information content (AvgIpc) is 3.21. The third kappa shape index (κ3) is 8.23. The van der Waals surface area contributed by atoms with Crippen molar-refractivity contribution in [3.05, 3.63) is 41.8 Å². The molecule has 1 aromatic heterocycles. The fourth-order valence-electron chi connectivity index (χ4n) is 3.21. The first kappa shape index (κ1) is 24.6. The van der Waals surface area contributed by atoms with Crippen molar-refractivity contribution in [1.29, 1.82) is 0 Å². The molecule has 2 aromatic rings. The smallest absolute Gasteiger partial charge is 0.226 e. The summed E-state index contributed by atoms with van der Waals surface area (Å²) in [6.07, 6.45) is 3.58. The Labute approximate surface area is 196 Å². The number of aromatic nitrogens is 1. The molecular weight excluding hydrogens is 493 g/mol. The molecule has 0 bridgehead atoms. The highest BCUT2D eigenvalue weighted by atomic mass is 127. The van der Waals surface area contributed by atoms with Crippen LogP contribution < -0.4 is 10.6 Å². The van der Waals surface area contributed by atoms with Gasteiger partial charge in [0.25, 0.3) is 0 Å². The lowest BCUT2D eigenvalue weighted by atomic mass is 10.1. The molecule has 3 rings (SSSR count). The number of ether oxygens (including phenoxy) is 1. The third-order valence-electron chi connectivity index (χ3n) is 4.87. The van der Waals surface area contributed by atoms with Crippen LogP contribution in [0.3, 0.4) is 0 Å². The SMILES string of the molecule is CCNC(=NCCCN1CCOCC1)NCCc1coc(-c2ccc(C)cc2)n1.I. The fourth-order valence-corrected chi connectivity index (χ4v) is 3.21. The normalized spacial score (nSPS) is 14.9. The zero-order valence-electron chi connectivity index (χ0n) is 18.0. The van der Waals surface area contributed by atoms with Gasteiger partial charge in [0.15, 0.2) is 5.96 Å². The van der Waals surface area contributed by atoms with Crippen molar-refractivity contribution in [3.8, 4) is 11.5 Å². The minimum Gasteiger partial charge on any atom is -0.444 e. The number of aryl methyl sites for hydroxylation is 1. The van der Waals surface area contributed by atoms with Crippen LogP contribution in [0.5, 0.6) is 0 Å². The van der Waals surface area contributed by atoms with Crippen molar-refractivity contribution in [1.82, 2.24) is 20.5 Å². The lowest BCUT2D eigenvalue weighted by Crippen LogP contribution is -2.39. The molecule has 0 atom stereocenters. The molecule has 1 aromatic carbocycles. The summed E-state index contributed by atoms with van der Waals surface area (Å²) in [6.45, 7) is 11.4. The van der Waals surface area contributed by atoms with E-state index in [1.165, 1.54) is 5.56 Å². The Kier molecular flexibility index (Phi) is 11.2. The summed E-state index contributed by atoms with van der Waals surface area (Å²) in [4.78, 5) is 11.7. The highest BCUT2D eigenvalue weighted by Gasteiger charge is 2.09. The van der Waals surface area contributed by atoms with E-state index < -0.39 is 0 Å². The predicted octanol–water partition coefficient (Wildman–Crippen LogP) is 3.09. The van der Waals surface area contributed by atoms with Gasteiger partial charge in [-0.1, -0.05) is 17.7 Å². The first-order valence-corrected chi connectivity index (χ1v) is 10.6. The molecule has 0 aliphatic carbocycles. The topological polar surface area (TPSA) is 74.9 Å². The van der Waals surface area contributed by atoms with E-state index in [0.29, 0.717) is 5.89 Å². The van der Waals surface area contributed by atoms with E-state index in [4.69, 9.17) is 9.15 Å². The second-order valence-corrected chi connectivity index (χ2v) is 7.26. The molecule has 2 N–H and O–H groups in total. The number of guanidine groups is 1. The van der Waals surface area contributed by atoms with Crippen LogP contribution in [-0.2, 0) is 11.2 Å². The number of oxazole rings is 1. The fraction of sp³-hybridized carbons (Fsp3) is 0.545. The van der Waals surface area contributed by atoms with Crippen LogP contribution >= 0.6 is 24.0 Å². The van der Waals surface area contributed by atoms with Crippen LogP contribution in [0.15, 0.2) is 39.9 Å². The summed E-state index contributed by atoms with van der Waals surface area (Å²) in [6, 6.07) is 8.21. The summed E-state index contributed by atoms with van der Waals surface area (Å²) < 4.78 is 11.0. The Morgan fingerprint density at radius 2 is 1.93 bits per heavy atom. The quantitative estimate of drug-likeness (QED) is 0.226. The Bertz CT molecular complexity index is 757. The maximum absolute atomic E-state index is 5.63. The van der Waals surface area contributed by atoms with Gasteiger partial charge in [0, 0.05) is 51.3 Å². The number of benzene rings is 1. The summed E-state index contributed by atoms with van der Waals surface area (Å²) in [7, 11) is 0. The largest absolute Gasteiger partial charge is 0.444 e. The lowest BCUT2D eigenvalue weighted by Gasteiger charge is -2.26. The first-order chi connectivity index (χ1) is 14.2. The molecule has 1 fully saturated rings. The molecule has 1 aliphatic rings. The summed E-state index contributed by atoms with van der Waals surface area (Å²) in [5.74, 6) is 1.53. The van der Waals surface area contributed by atoms with Gasteiger partial charge >= 0.3 is 0 Å². The molecule has 166 valence electrons. The number of nitrogens with one attached hydrogen (secondary N) is 2. The summed E-state index contributed by atoms with van der Waals surface area (Å²) >= 11 is 0. The van der Waals surface area contributed by atoms with Gasteiger partial charge in [-0.2, -0.15) is 0 Å². The molecule has 0 amide bonds. The van der Waals surface area contributed by atoms with Crippen molar-refractivity contribution in [3.63, 3.8) is 0 Å². The van der Waals surface area contributed by atoms with Gasteiger partial charge < -0.3 is 19.8 Å². The van der Waals surface area contributed by atoms with Crippen molar-refractivity contribution in [2.45, 2.75) is 26.7 Å². The zero-order chi connectivity index (χ0) is 20.3. The molecule has 2 heterocycles. The van der Waals surface area contributed by atoms with Crippen LogP contribution in [0, 0.1) is 6.92 Å². The van der Waals surface area contributed by atoms with Gasteiger partial charge in [0.2, 0.25) is 5.89 Å². The second kappa shape index (κ2) is 13.6. The molecule has 7 nitrogen and oxygen atoms in total. The number of nitrogens with zero attached hydrogens (tertiary/aromatic N) is 3. The summed E-state index contributed by atoms with van der Waals surface area (Å²) in [5.41, 5.74) is 3.17. The minimum atomic E-state index is 0. The molecule has 0 spiro atoms. The Morgan fingerprint density at radius 1 is 1.17 bits per heavy atom. The highest BCUT2D eigenvalue weighted by Crippen LogP contribution is 2.19. The number of hydrogen-bond acceptors (Lipinski definition) is 5. The average molecular weight is 527 g/mol. The number of halogens is 1. The maximum Gasteiger partial charge on any atom is 0.226 e. The van der Waals surface area contributed by atoms with E-state index in [0.717, 1.165) is 82.5 Å². The van der Waals surface area contributed by atoms with Crippen LogP contribution in [0.1, 0.15) is 24.6 Å². The van der Waals surface area contributed by atoms with Gasteiger partial charge in [-0.3, -0.25) is 9.89 Å². The van der Waals surface area contributed by atoms with Gasteiger partial charge in [0.1, 0.15) is 6.26 Å². The van der Waals surface area contributed by atoms with E-state index in [1.54, 1.807) is 6.26 Å². The van der Waals surface area contributed by atoms with Crippen LogP contribution in [0.4, 0.5) is 0 Å². The molecule has 8 heteroatoms. The Hall–Kier alpha value is -1.65. The van der Waals surface area contributed by atoms with Crippen LogP contribution in [-0.4, -0.2) is 68.3 Å². The van der Waals surface area contributed by atoms with Crippen LogP contribution in [0.25, 0.3) is 11.5 Å². The van der Waals surface area contributed by atoms with Crippen molar-refractivity contribution in [2.24, 2.45) is 4.99 Å². The second-order valence-electron chi connectivity index (χ2n) is 7.26. The van der Waals surface area contributed by atoms with E-state index in [-0.39, 0.29) is 24.0 Å². The van der Waals surface area contributed by atoms with Gasteiger partial charge in [0.05, 0.1) is 18.9 Å². The zero-order valence-corrected chi connectivity index (χ0v) is 20.4. The van der Waals surface area contributed by atoms with Crippen molar-refractivity contribution >= 4 is 29.9 Å². The van der Waals surface area contributed by atoms with Gasteiger partial charge in [-0.05, 0) is 32.4 Å². The predicted molar refractivity (Wildman–Crippen MR) is 132 cm³/mol. The molecule has 0 unspecified atom stereocenters. The van der Waals surface area contributed by atoms with Crippen molar-refractivity contribution in [2.75, 3.05) is 52.5 Å². The summed E-state index contributed by atoms with van der Waals surface area (Å²) in [5, 5.41) is 6.69. The molecule has 1 aliphatic heterocycles. The van der Waals surface area contributed by atoms with Crippen LogP contribution in [0.2, 0.25) is 0 Å². The molecule has 0 saturated carbocycles. The van der Waals surface area contributed by atoms with E-state index in [2.05, 4.69) is 51.5 Å². The molecular formula is C22H34IN5O2. The number of hydrogen-bond donors (Lipinski definition) is 2. The van der Waals surface area contributed by atoms with Crippen molar-refractivity contribution < 1.29 is 9.15 Å². The number of morpholine rings is 1. The number of aliphatic imine (C=N–C) groups is 1.